The maximum Gasteiger partial charge on any atom is 0.264 e. The standard InChI is InChI=1S/C11H8ClN3O2/c12-7-3-1-6(2-4-7)10-14-5-8(9(13)16)11(17)15-10/h1-5H,(H2,13,16)(H,14,15,17). The van der Waals surface area contributed by atoms with Crippen LogP contribution in [0, 0.1) is 0 Å². The zero-order chi connectivity index (χ0) is 12.4. The maximum absolute atomic E-state index is 11.5. The van der Waals surface area contributed by atoms with Crippen molar-refractivity contribution in [2.24, 2.45) is 5.73 Å². The number of carbonyl (C=O) groups is 1. The third kappa shape index (κ3) is 2.34. The summed E-state index contributed by atoms with van der Waals surface area (Å²) in [7, 11) is 0. The average Bonchev–Trinajstić information content (AvgIpc) is 2.29. The van der Waals surface area contributed by atoms with Crippen molar-refractivity contribution in [2.45, 2.75) is 0 Å². The number of nitrogens with two attached hydrogens (primary N) is 1. The van der Waals surface area contributed by atoms with Crippen molar-refractivity contribution in [2.75, 3.05) is 0 Å². The quantitative estimate of drug-likeness (QED) is 0.838. The zero-order valence-corrected chi connectivity index (χ0v) is 9.36. The predicted molar refractivity (Wildman–Crippen MR) is 63.8 cm³/mol. The Hall–Kier alpha value is -2.14. The first-order valence-corrected chi connectivity index (χ1v) is 5.11. The number of carbonyl (C=O) groups excluding carboxylic acids is 1. The van der Waals surface area contributed by atoms with E-state index in [4.69, 9.17) is 17.3 Å². The van der Waals surface area contributed by atoms with Crippen molar-refractivity contribution in [3.05, 3.63) is 51.4 Å². The van der Waals surface area contributed by atoms with Crippen LogP contribution >= 0.6 is 11.6 Å². The lowest BCUT2D eigenvalue weighted by molar-refractivity contribution is 0.0998. The lowest BCUT2D eigenvalue weighted by Gasteiger charge is -2.01. The number of nitrogens with one attached hydrogen (secondary N) is 1. The van der Waals surface area contributed by atoms with Crippen LogP contribution in [0.25, 0.3) is 11.4 Å². The van der Waals surface area contributed by atoms with Gasteiger partial charge in [0.1, 0.15) is 11.4 Å². The molecular formula is C11H8ClN3O2. The van der Waals surface area contributed by atoms with E-state index in [0.717, 1.165) is 6.20 Å². The molecule has 0 fully saturated rings. The van der Waals surface area contributed by atoms with E-state index >= 15 is 0 Å². The molecule has 0 aliphatic heterocycles. The molecule has 0 saturated heterocycles. The molecule has 2 rings (SSSR count). The second kappa shape index (κ2) is 4.39. The maximum atomic E-state index is 11.5. The summed E-state index contributed by atoms with van der Waals surface area (Å²) < 4.78 is 0. The van der Waals surface area contributed by atoms with E-state index in [0.29, 0.717) is 16.4 Å². The third-order valence-electron chi connectivity index (χ3n) is 2.18. The Bertz CT molecular complexity index is 619. The van der Waals surface area contributed by atoms with E-state index in [-0.39, 0.29) is 5.56 Å². The molecule has 0 atom stereocenters. The van der Waals surface area contributed by atoms with E-state index in [9.17, 15) is 9.59 Å². The summed E-state index contributed by atoms with van der Waals surface area (Å²) in [6.07, 6.45) is 1.16. The second-order valence-corrected chi connectivity index (χ2v) is 3.78. The Balaban J connectivity index is 2.48. The summed E-state index contributed by atoms with van der Waals surface area (Å²) in [4.78, 5) is 28.8. The number of hydrogen-bond donors (Lipinski definition) is 2. The van der Waals surface area contributed by atoms with Crippen LogP contribution in [-0.2, 0) is 0 Å². The lowest BCUT2D eigenvalue weighted by Crippen LogP contribution is -2.24. The van der Waals surface area contributed by atoms with E-state index in [2.05, 4.69) is 9.97 Å². The highest BCUT2D eigenvalue weighted by atomic mass is 35.5. The molecule has 1 heterocycles. The molecule has 2 aromatic rings. The van der Waals surface area contributed by atoms with Gasteiger partial charge in [-0.05, 0) is 24.3 Å². The third-order valence-corrected chi connectivity index (χ3v) is 2.43. The van der Waals surface area contributed by atoms with Crippen molar-refractivity contribution in [3.63, 3.8) is 0 Å². The van der Waals surface area contributed by atoms with Crippen molar-refractivity contribution in [1.82, 2.24) is 9.97 Å². The molecule has 0 unspecified atom stereocenters. The molecule has 86 valence electrons. The molecule has 0 bridgehead atoms. The molecule has 1 amide bonds. The largest absolute Gasteiger partial charge is 0.365 e. The summed E-state index contributed by atoms with van der Waals surface area (Å²) >= 11 is 5.74. The van der Waals surface area contributed by atoms with Gasteiger partial charge in [0.15, 0.2) is 0 Å². The summed E-state index contributed by atoms with van der Waals surface area (Å²) in [6.45, 7) is 0. The Kier molecular flexibility index (Phi) is 2.93. The Labute approximate surface area is 101 Å². The van der Waals surface area contributed by atoms with Gasteiger partial charge in [-0.15, -0.1) is 0 Å². The van der Waals surface area contributed by atoms with Crippen LogP contribution in [0.15, 0.2) is 35.3 Å². The van der Waals surface area contributed by atoms with Crippen LogP contribution < -0.4 is 11.3 Å². The van der Waals surface area contributed by atoms with Crippen molar-refractivity contribution in [3.8, 4) is 11.4 Å². The van der Waals surface area contributed by atoms with Crippen molar-refractivity contribution >= 4 is 17.5 Å². The number of nitrogens with zero attached hydrogens (tertiary/aromatic N) is 1. The Morgan fingerprint density at radius 3 is 2.47 bits per heavy atom. The van der Waals surface area contributed by atoms with Gasteiger partial charge >= 0.3 is 0 Å². The highest BCUT2D eigenvalue weighted by Gasteiger charge is 2.08. The molecule has 0 saturated carbocycles. The monoisotopic (exact) mass is 249 g/mol. The number of rotatable bonds is 2. The molecule has 0 aliphatic carbocycles. The molecule has 0 radical (unpaired) electrons. The number of benzene rings is 1. The number of amides is 1. The molecule has 17 heavy (non-hydrogen) atoms. The topological polar surface area (TPSA) is 88.8 Å². The minimum atomic E-state index is -0.804. The second-order valence-electron chi connectivity index (χ2n) is 3.35. The number of aromatic amines is 1. The summed E-state index contributed by atoms with van der Waals surface area (Å²) in [5, 5.41) is 0.588. The van der Waals surface area contributed by atoms with E-state index < -0.39 is 11.5 Å². The average molecular weight is 250 g/mol. The van der Waals surface area contributed by atoms with Crippen LogP contribution in [0.1, 0.15) is 10.4 Å². The number of H-pyrrole nitrogens is 1. The van der Waals surface area contributed by atoms with Gasteiger partial charge in [0.2, 0.25) is 0 Å². The van der Waals surface area contributed by atoms with Crippen molar-refractivity contribution in [1.29, 1.82) is 0 Å². The SMILES string of the molecule is NC(=O)c1cnc(-c2ccc(Cl)cc2)[nH]c1=O. The highest BCUT2D eigenvalue weighted by Crippen LogP contribution is 2.16. The first kappa shape index (κ1) is 11.3. The van der Waals surface area contributed by atoms with Crippen LogP contribution in [0.3, 0.4) is 0 Å². The number of hydrogen-bond acceptors (Lipinski definition) is 3. The fourth-order valence-corrected chi connectivity index (χ4v) is 1.45. The molecule has 1 aromatic heterocycles. The van der Waals surface area contributed by atoms with Crippen LogP contribution in [0.4, 0.5) is 0 Å². The van der Waals surface area contributed by atoms with Crippen molar-refractivity contribution < 1.29 is 4.79 Å². The fourth-order valence-electron chi connectivity index (χ4n) is 1.32. The van der Waals surface area contributed by atoms with Gasteiger partial charge in [-0.3, -0.25) is 9.59 Å². The van der Waals surface area contributed by atoms with E-state index in [1.165, 1.54) is 0 Å². The lowest BCUT2D eigenvalue weighted by atomic mass is 10.2. The minimum absolute atomic E-state index is 0.164. The first-order chi connectivity index (χ1) is 8.08. The molecule has 1 aromatic carbocycles. The van der Waals surface area contributed by atoms with Gasteiger partial charge in [-0.1, -0.05) is 11.6 Å². The smallest absolute Gasteiger partial charge is 0.264 e. The Morgan fingerprint density at radius 2 is 1.94 bits per heavy atom. The van der Waals surface area contributed by atoms with E-state index in [1.54, 1.807) is 24.3 Å². The summed E-state index contributed by atoms with van der Waals surface area (Å²) in [6, 6.07) is 6.78. The van der Waals surface area contributed by atoms with Crippen LogP contribution in [-0.4, -0.2) is 15.9 Å². The number of primary amides is 1. The fraction of sp³-hybridized carbons (Fsp3) is 0. The molecule has 6 heteroatoms. The van der Waals surface area contributed by atoms with Gasteiger partial charge in [0, 0.05) is 16.8 Å². The molecule has 0 aliphatic rings. The molecular weight excluding hydrogens is 242 g/mol. The number of halogens is 1. The first-order valence-electron chi connectivity index (χ1n) is 4.73. The number of aromatic nitrogens is 2. The van der Waals surface area contributed by atoms with Crippen LogP contribution in [0.2, 0.25) is 5.02 Å². The van der Waals surface area contributed by atoms with E-state index in [1.807, 2.05) is 0 Å². The van der Waals surface area contributed by atoms with Gasteiger partial charge in [-0.25, -0.2) is 4.98 Å². The minimum Gasteiger partial charge on any atom is -0.365 e. The van der Waals surface area contributed by atoms with Gasteiger partial charge in [0.25, 0.3) is 11.5 Å². The normalized spacial score (nSPS) is 10.2. The molecule has 0 spiro atoms. The highest BCUT2D eigenvalue weighted by molar-refractivity contribution is 6.30. The van der Waals surface area contributed by atoms with Gasteiger partial charge in [0.05, 0.1) is 0 Å². The van der Waals surface area contributed by atoms with Gasteiger partial charge in [-0.2, -0.15) is 0 Å². The Morgan fingerprint density at radius 1 is 1.29 bits per heavy atom. The van der Waals surface area contributed by atoms with Crippen LogP contribution in [0.5, 0.6) is 0 Å². The molecule has 3 N–H and O–H groups in total. The summed E-state index contributed by atoms with van der Waals surface area (Å²) in [5.74, 6) is -0.446. The zero-order valence-electron chi connectivity index (χ0n) is 8.61. The summed E-state index contributed by atoms with van der Waals surface area (Å²) in [5.41, 5.74) is 4.98. The van der Waals surface area contributed by atoms with Gasteiger partial charge < -0.3 is 10.7 Å². The molecule has 5 nitrogen and oxygen atoms in total. The predicted octanol–water partition coefficient (Wildman–Crippen LogP) is 1.19.